The molecule has 1 unspecified atom stereocenters. The fraction of sp³-hybridized carbons (Fsp3) is 0.261. The van der Waals surface area contributed by atoms with Crippen LogP contribution in [0.2, 0.25) is 5.02 Å². The molecule has 0 aliphatic rings. The summed E-state index contributed by atoms with van der Waals surface area (Å²) in [5.74, 6) is -0.246. The van der Waals surface area contributed by atoms with E-state index in [4.69, 9.17) is 11.6 Å². The normalized spacial score (nSPS) is 11.7. The molecule has 0 bridgehead atoms. The lowest BCUT2D eigenvalue weighted by molar-refractivity contribution is 0.100. The molecule has 180 valence electrons. The number of hydrogen-bond donors (Lipinski definition) is 2. The zero-order valence-corrected chi connectivity index (χ0v) is 20.6. The van der Waals surface area contributed by atoms with Crippen LogP contribution in [0.15, 0.2) is 48.7 Å². The third kappa shape index (κ3) is 6.22. The second kappa shape index (κ2) is 11.3. The topological polar surface area (TPSA) is 119 Å². The van der Waals surface area contributed by atoms with E-state index in [2.05, 4.69) is 15.6 Å². The van der Waals surface area contributed by atoms with Gasteiger partial charge in [0.1, 0.15) is 11.5 Å². The molecular formula is C23H25ClN5O4S-. The van der Waals surface area contributed by atoms with Crippen LogP contribution in [0, 0.1) is 13.8 Å². The number of anilines is 2. The molecule has 0 saturated carbocycles. The largest absolute Gasteiger partial charge is 0.755 e. The number of aromatic nitrogens is 2. The fourth-order valence-corrected chi connectivity index (χ4v) is 3.94. The first-order chi connectivity index (χ1) is 16.2. The number of aryl methyl sites for hydroxylation is 2. The highest BCUT2D eigenvalue weighted by molar-refractivity contribution is 7.81. The Kier molecular flexibility index (Phi) is 8.43. The third-order valence-electron chi connectivity index (χ3n) is 4.98. The van der Waals surface area contributed by atoms with Gasteiger partial charge in [-0.3, -0.25) is 9.00 Å². The predicted molar refractivity (Wildman–Crippen MR) is 132 cm³/mol. The molecule has 1 atom stereocenters. The highest BCUT2D eigenvalue weighted by Gasteiger charge is 2.22. The third-order valence-corrected chi connectivity index (χ3v) is 6.01. The Labute approximate surface area is 205 Å². The molecule has 11 heteroatoms. The zero-order valence-electron chi connectivity index (χ0n) is 19.0. The predicted octanol–water partition coefficient (Wildman–Crippen LogP) is 4.17. The molecule has 3 aromatic rings. The average molecular weight is 503 g/mol. The number of carbonyl (C=O) groups excluding carboxylic acids is 2. The van der Waals surface area contributed by atoms with Crippen molar-refractivity contribution in [2.24, 2.45) is 0 Å². The minimum atomic E-state index is -2.82. The quantitative estimate of drug-likeness (QED) is 0.448. The van der Waals surface area contributed by atoms with Crippen LogP contribution < -0.4 is 14.9 Å². The Morgan fingerprint density at radius 3 is 2.50 bits per heavy atom. The summed E-state index contributed by atoms with van der Waals surface area (Å²) in [5.41, 5.74) is 2.44. The second-order valence-electron chi connectivity index (χ2n) is 7.64. The van der Waals surface area contributed by atoms with E-state index in [-0.39, 0.29) is 17.4 Å². The van der Waals surface area contributed by atoms with Crippen LogP contribution in [-0.2, 0) is 17.8 Å². The van der Waals surface area contributed by atoms with Crippen LogP contribution >= 0.6 is 11.6 Å². The van der Waals surface area contributed by atoms with E-state index < -0.39 is 17.2 Å². The first-order valence-electron chi connectivity index (χ1n) is 10.6. The van der Waals surface area contributed by atoms with Crippen molar-refractivity contribution in [3.8, 4) is 0 Å². The number of nitrogens with zero attached hydrogens (tertiary/aromatic N) is 3. The molecule has 3 amide bonds. The number of urea groups is 1. The Hall–Kier alpha value is -3.21. The summed E-state index contributed by atoms with van der Waals surface area (Å²) < 4.78 is 26.0. The van der Waals surface area contributed by atoms with E-state index in [1.165, 1.54) is 6.20 Å². The number of imidazole rings is 1. The first-order valence-corrected chi connectivity index (χ1v) is 12.0. The smallest absolute Gasteiger partial charge is 0.319 e. The molecule has 0 fully saturated rings. The number of rotatable bonds is 8. The summed E-state index contributed by atoms with van der Waals surface area (Å²) in [6.07, 6.45) is 2.32. The molecule has 2 N–H and O–H groups in total. The van der Waals surface area contributed by atoms with E-state index in [0.29, 0.717) is 33.9 Å². The van der Waals surface area contributed by atoms with Gasteiger partial charge in [-0.15, -0.1) is 0 Å². The Balaban J connectivity index is 1.78. The van der Waals surface area contributed by atoms with Gasteiger partial charge in [-0.2, -0.15) is 0 Å². The monoisotopic (exact) mass is 502 g/mol. The van der Waals surface area contributed by atoms with Gasteiger partial charge in [0.15, 0.2) is 0 Å². The van der Waals surface area contributed by atoms with Gasteiger partial charge in [0.2, 0.25) is 0 Å². The molecule has 0 spiro atoms. The lowest BCUT2D eigenvalue weighted by Gasteiger charge is -2.23. The van der Waals surface area contributed by atoms with E-state index in [9.17, 15) is 18.4 Å². The summed E-state index contributed by atoms with van der Waals surface area (Å²) in [6, 6.07) is 11.4. The van der Waals surface area contributed by atoms with Gasteiger partial charge >= 0.3 is 6.03 Å². The summed E-state index contributed by atoms with van der Waals surface area (Å²) in [4.78, 5) is 29.1. The van der Waals surface area contributed by atoms with Gasteiger partial charge in [-0.05, 0) is 50.1 Å². The van der Waals surface area contributed by atoms with Crippen molar-refractivity contribution in [1.29, 1.82) is 0 Å². The zero-order chi connectivity index (χ0) is 24.8. The van der Waals surface area contributed by atoms with Gasteiger partial charge in [0.05, 0.1) is 23.5 Å². The fourth-order valence-electron chi connectivity index (χ4n) is 3.18. The SMILES string of the molecule is CCCNC(=O)Nc1ccc(Cn2cc(C(=O)N(c3ccc(C)cc3)S(=O)[O-])nc2C)c(Cl)c1. The lowest BCUT2D eigenvalue weighted by Crippen LogP contribution is -2.32. The highest BCUT2D eigenvalue weighted by atomic mass is 35.5. The van der Waals surface area contributed by atoms with Crippen LogP contribution in [-0.4, -0.2) is 36.8 Å². The van der Waals surface area contributed by atoms with Crippen molar-refractivity contribution < 1.29 is 18.4 Å². The van der Waals surface area contributed by atoms with Crippen molar-refractivity contribution in [2.45, 2.75) is 33.7 Å². The van der Waals surface area contributed by atoms with Crippen molar-refractivity contribution in [3.05, 3.63) is 76.3 Å². The minimum absolute atomic E-state index is 0.00993. The number of hydrogen-bond acceptors (Lipinski definition) is 5. The van der Waals surface area contributed by atoms with Crippen molar-refractivity contribution in [3.63, 3.8) is 0 Å². The lowest BCUT2D eigenvalue weighted by atomic mass is 10.2. The van der Waals surface area contributed by atoms with Crippen LogP contribution in [0.3, 0.4) is 0 Å². The summed E-state index contributed by atoms with van der Waals surface area (Å²) in [7, 11) is 0. The number of halogens is 1. The van der Waals surface area contributed by atoms with E-state index >= 15 is 0 Å². The minimum Gasteiger partial charge on any atom is -0.755 e. The second-order valence-corrected chi connectivity index (χ2v) is 8.85. The molecule has 3 rings (SSSR count). The molecule has 1 heterocycles. The van der Waals surface area contributed by atoms with Gasteiger partial charge in [0, 0.05) is 23.5 Å². The maximum Gasteiger partial charge on any atom is 0.319 e. The molecule has 2 aromatic carbocycles. The van der Waals surface area contributed by atoms with Crippen LogP contribution in [0.25, 0.3) is 0 Å². The standard InChI is InChI=1S/C23H26ClN5O4S/c1-4-11-25-23(31)27-18-8-7-17(20(24)12-18)13-28-14-21(26-16(28)3)22(30)29(34(32)33)19-9-5-15(2)6-10-19/h5-10,12,14H,4,11,13H2,1-3H3,(H,32,33)(H2,25,27,31)/p-1. The van der Waals surface area contributed by atoms with Crippen LogP contribution in [0.1, 0.15) is 40.8 Å². The van der Waals surface area contributed by atoms with Crippen LogP contribution in [0.5, 0.6) is 0 Å². The molecule has 1 aromatic heterocycles. The highest BCUT2D eigenvalue weighted by Crippen LogP contribution is 2.24. The van der Waals surface area contributed by atoms with Gasteiger partial charge in [0.25, 0.3) is 5.91 Å². The molecule has 0 aliphatic heterocycles. The summed E-state index contributed by atoms with van der Waals surface area (Å²) >= 11 is 3.59. The molecule has 9 nitrogen and oxygen atoms in total. The number of amides is 3. The summed E-state index contributed by atoms with van der Waals surface area (Å²) in [5, 5.41) is 5.87. The van der Waals surface area contributed by atoms with E-state index in [1.807, 2.05) is 13.8 Å². The van der Waals surface area contributed by atoms with Crippen molar-refractivity contribution >= 4 is 46.2 Å². The average Bonchev–Trinajstić information content (AvgIpc) is 3.15. The summed E-state index contributed by atoms with van der Waals surface area (Å²) in [6.45, 7) is 6.41. The van der Waals surface area contributed by atoms with E-state index in [1.54, 1.807) is 54.0 Å². The van der Waals surface area contributed by atoms with Crippen molar-refractivity contribution in [2.75, 3.05) is 16.2 Å². The maximum atomic E-state index is 13.0. The molecule has 34 heavy (non-hydrogen) atoms. The molecule has 0 aliphatic carbocycles. The number of nitrogens with one attached hydrogen (secondary N) is 2. The molecule has 0 saturated heterocycles. The number of carbonyl (C=O) groups is 2. The van der Waals surface area contributed by atoms with Gasteiger partial charge in [-0.1, -0.05) is 42.3 Å². The molecular weight excluding hydrogens is 478 g/mol. The van der Waals surface area contributed by atoms with Gasteiger partial charge < -0.3 is 19.8 Å². The van der Waals surface area contributed by atoms with Gasteiger partial charge in [-0.25, -0.2) is 14.1 Å². The molecule has 0 radical (unpaired) electrons. The first kappa shape index (κ1) is 25.4. The van der Waals surface area contributed by atoms with Crippen LogP contribution in [0.4, 0.5) is 16.2 Å². The Morgan fingerprint density at radius 2 is 1.88 bits per heavy atom. The van der Waals surface area contributed by atoms with E-state index in [0.717, 1.165) is 17.5 Å². The van der Waals surface area contributed by atoms with Crippen molar-refractivity contribution in [1.82, 2.24) is 14.9 Å². The Morgan fingerprint density at radius 1 is 1.18 bits per heavy atom. The maximum absolute atomic E-state index is 13.0. The number of benzene rings is 2. The Bertz CT molecular complexity index is 1210.